The van der Waals surface area contributed by atoms with Gasteiger partial charge in [-0.2, -0.15) is 13.2 Å². The summed E-state index contributed by atoms with van der Waals surface area (Å²) in [4.78, 5) is 12.5. The van der Waals surface area contributed by atoms with E-state index < -0.39 is 11.9 Å². The maximum Gasteiger partial charge on any atom is 0.434 e. The van der Waals surface area contributed by atoms with Gasteiger partial charge in [0.05, 0.1) is 16.8 Å². The molecule has 0 aliphatic rings. The molecule has 20 heavy (non-hydrogen) atoms. The summed E-state index contributed by atoms with van der Waals surface area (Å²) in [6, 6.07) is 5.33. The van der Waals surface area contributed by atoms with E-state index in [4.69, 9.17) is 0 Å². The summed E-state index contributed by atoms with van der Waals surface area (Å²) < 4.78 is 37.6. The molecule has 0 bridgehead atoms. The predicted octanol–water partition coefficient (Wildman–Crippen LogP) is 4.15. The largest absolute Gasteiger partial charge is 0.434 e. The van der Waals surface area contributed by atoms with Gasteiger partial charge in [0.2, 0.25) is 0 Å². The van der Waals surface area contributed by atoms with Gasteiger partial charge in [-0.25, -0.2) is 15.0 Å². The van der Waals surface area contributed by atoms with Crippen molar-refractivity contribution in [2.45, 2.75) is 6.18 Å². The fraction of sp³-hybridized carbons (Fsp3) is 0.0833. The van der Waals surface area contributed by atoms with Crippen LogP contribution in [0.4, 0.5) is 13.2 Å². The van der Waals surface area contributed by atoms with Crippen molar-refractivity contribution in [2.75, 3.05) is 0 Å². The molecule has 0 N–H and O–H groups in total. The molecule has 0 aliphatic carbocycles. The van der Waals surface area contributed by atoms with Crippen LogP contribution in [0.2, 0.25) is 0 Å². The van der Waals surface area contributed by atoms with Crippen LogP contribution in [0, 0.1) is 6.20 Å². The lowest BCUT2D eigenvalue weighted by molar-refractivity contribution is -0.140. The lowest BCUT2D eigenvalue weighted by Gasteiger charge is -2.00. The number of thiazole rings is 1. The third-order valence-electron chi connectivity index (χ3n) is 2.36. The molecule has 3 nitrogen and oxygen atoms in total. The zero-order chi connectivity index (χ0) is 14.2. The molecule has 8 heteroatoms. The second kappa shape index (κ2) is 4.95. The molecule has 3 aromatic heterocycles. The fourth-order valence-electron chi connectivity index (χ4n) is 1.48. The highest BCUT2D eigenvalue weighted by molar-refractivity contribution is 7.13. The molecule has 3 aromatic rings. The Hall–Kier alpha value is -1.80. The lowest BCUT2D eigenvalue weighted by atomic mass is 10.3. The van der Waals surface area contributed by atoms with E-state index in [0.29, 0.717) is 5.69 Å². The molecule has 0 spiro atoms. The molecule has 0 saturated carbocycles. The molecule has 0 unspecified atom stereocenters. The number of rotatable bonds is 2. The summed E-state index contributed by atoms with van der Waals surface area (Å²) in [7, 11) is 0. The minimum absolute atomic E-state index is 0.131. The van der Waals surface area contributed by atoms with Gasteiger partial charge in [-0.05, 0) is 17.5 Å². The van der Waals surface area contributed by atoms with Crippen LogP contribution < -0.4 is 0 Å². The van der Waals surface area contributed by atoms with Crippen molar-refractivity contribution < 1.29 is 13.2 Å². The first kappa shape index (κ1) is 13.2. The van der Waals surface area contributed by atoms with E-state index in [2.05, 4.69) is 21.1 Å². The van der Waals surface area contributed by atoms with Crippen LogP contribution in [-0.2, 0) is 6.18 Å². The Balaban J connectivity index is 1.99. The van der Waals surface area contributed by atoms with E-state index in [1.807, 2.05) is 17.5 Å². The van der Waals surface area contributed by atoms with Crippen molar-refractivity contribution in [1.82, 2.24) is 15.0 Å². The maximum absolute atomic E-state index is 12.5. The van der Waals surface area contributed by atoms with Gasteiger partial charge >= 0.3 is 6.18 Å². The second-order valence-corrected chi connectivity index (χ2v) is 5.52. The van der Waals surface area contributed by atoms with Crippen LogP contribution in [0.5, 0.6) is 0 Å². The van der Waals surface area contributed by atoms with Crippen molar-refractivity contribution >= 4 is 22.7 Å². The van der Waals surface area contributed by atoms with E-state index in [1.165, 1.54) is 11.3 Å². The number of thiophene rings is 1. The minimum Gasteiger partial charge on any atom is -0.228 e. The molecule has 0 saturated heterocycles. The number of aromatic nitrogens is 3. The first-order chi connectivity index (χ1) is 9.54. The molecule has 101 valence electrons. The van der Waals surface area contributed by atoms with E-state index in [0.717, 1.165) is 21.6 Å². The van der Waals surface area contributed by atoms with Crippen molar-refractivity contribution in [3.8, 4) is 21.4 Å². The average Bonchev–Trinajstić information content (AvgIpc) is 3.10. The third kappa shape index (κ3) is 2.56. The highest BCUT2D eigenvalue weighted by Crippen LogP contribution is 2.33. The molecule has 3 heterocycles. The molecule has 0 aromatic carbocycles. The van der Waals surface area contributed by atoms with E-state index >= 15 is 0 Å². The van der Waals surface area contributed by atoms with Gasteiger partial charge in [-0.15, -0.1) is 22.7 Å². The average molecular weight is 312 g/mol. The van der Waals surface area contributed by atoms with Crippen LogP contribution in [0.3, 0.4) is 0 Å². The summed E-state index contributed by atoms with van der Waals surface area (Å²) >= 11 is 2.34. The number of hydrogen-bond donors (Lipinski definition) is 0. The Bertz CT molecular complexity index is 720. The topological polar surface area (TPSA) is 38.7 Å². The highest BCUT2D eigenvalue weighted by Gasteiger charge is 2.34. The molecule has 1 radical (unpaired) electrons. The van der Waals surface area contributed by atoms with Crippen molar-refractivity contribution in [2.24, 2.45) is 0 Å². The smallest absolute Gasteiger partial charge is 0.228 e. The Kier molecular flexibility index (Phi) is 3.27. The first-order valence-electron chi connectivity index (χ1n) is 5.36. The van der Waals surface area contributed by atoms with Crippen LogP contribution >= 0.6 is 22.7 Å². The van der Waals surface area contributed by atoms with E-state index in [-0.39, 0.29) is 10.8 Å². The van der Waals surface area contributed by atoms with Gasteiger partial charge in [0.25, 0.3) is 0 Å². The second-order valence-electron chi connectivity index (χ2n) is 3.72. The van der Waals surface area contributed by atoms with Gasteiger partial charge in [-0.3, -0.25) is 0 Å². The minimum atomic E-state index is -4.45. The van der Waals surface area contributed by atoms with Crippen molar-refractivity contribution in [3.05, 3.63) is 40.8 Å². The van der Waals surface area contributed by atoms with E-state index in [9.17, 15) is 13.2 Å². The van der Waals surface area contributed by atoms with Gasteiger partial charge in [0.1, 0.15) is 0 Å². The molecule has 3 rings (SSSR count). The lowest BCUT2D eigenvalue weighted by Crippen LogP contribution is -2.05. The molecule has 0 atom stereocenters. The van der Waals surface area contributed by atoms with E-state index in [1.54, 1.807) is 6.07 Å². The standard InChI is InChI=1S/C12H5F3N3S2/c13-12(14,15)9-6-20-11(18-9)10-16-4-3-7(17-10)8-2-1-5-19-8/h1-3,5-6H. The number of alkyl halides is 3. The quantitative estimate of drug-likeness (QED) is 0.713. The normalized spacial score (nSPS) is 11.8. The van der Waals surface area contributed by atoms with Gasteiger partial charge < -0.3 is 0 Å². The summed E-state index contributed by atoms with van der Waals surface area (Å²) in [5.74, 6) is 0.149. The monoisotopic (exact) mass is 312 g/mol. The Morgan fingerprint density at radius 2 is 2.00 bits per heavy atom. The summed E-state index contributed by atoms with van der Waals surface area (Å²) in [6.45, 7) is 0. The predicted molar refractivity (Wildman–Crippen MR) is 70.3 cm³/mol. The number of hydrogen-bond acceptors (Lipinski definition) is 5. The van der Waals surface area contributed by atoms with Gasteiger partial charge in [-0.1, -0.05) is 6.07 Å². The fourth-order valence-corrected chi connectivity index (χ4v) is 2.92. The van der Waals surface area contributed by atoms with Crippen LogP contribution in [0.1, 0.15) is 5.69 Å². The number of nitrogens with zero attached hydrogens (tertiary/aromatic N) is 3. The Labute approximate surface area is 119 Å². The maximum atomic E-state index is 12.5. The van der Waals surface area contributed by atoms with Crippen molar-refractivity contribution in [3.63, 3.8) is 0 Å². The van der Waals surface area contributed by atoms with Gasteiger partial charge in [0.15, 0.2) is 16.5 Å². The summed E-state index contributed by atoms with van der Waals surface area (Å²) in [5, 5.41) is 2.98. The Morgan fingerprint density at radius 1 is 1.15 bits per heavy atom. The summed E-state index contributed by atoms with van der Waals surface area (Å²) in [5.41, 5.74) is -0.309. The molecular formula is C12H5F3N3S2. The highest BCUT2D eigenvalue weighted by atomic mass is 32.1. The first-order valence-corrected chi connectivity index (χ1v) is 7.12. The van der Waals surface area contributed by atoms with Crippen LogP contribution in [0.15, 0.2) is 29.0 Å². The van der Waals surface area contributed by atoms with Crippen LogP contribution in [-0.4, -0.2) is 15.0 Å². The zero-order valence-electron chi connectivity index (χ0n) is 9.68. The summed E-state index contributed by atoms with van der Waals surface area (Å²) in [6.07, 6.45) is -1.81. The van der Waals surface area contributed by atoms with Crippen molar-refractivity contribution in [1.29, 1.82) is 0 Å². The van der Waals surface area contributed by atoms with Crippen LogP contribution in [0.25, 0.3) is 21.4 Å². The number of halogens is 3. The molecule has 0 fully saturated rings. The van der Waals surface area contributed by atoms with Gasteiger partial charge in [0, 0.05) is 5.38 Å². The Morgan fingerprint density at radius 3 is 2.65 bits per heavy atom. The zero-order valence-corrected chi connectivity index (χ0v) is 11.3. The SMILES string of the molecule is FC(F)(F)c1csc(-c2n[c]cc(-c3cccs3)n2)n1. The molecule has 0 aliphatic heterocycles. The molecular weight excluding hydrogens is 307 g/mol. The third-order valence-corrected chi connectivity index (χ3v) is 4.09. The molecule has 0 amide bonds.